The minimum Gasteiger partial charge on any atom is -0.493 e. The Morgan fingerprint density at radius 3 is 2.70 bits per heavy atom. The molecule has 2 aliphatic carbocycles. The third-order valence-corrected chi connectivity index (χ3v) is 4.13. The molecule has 0 amide bonds. The Kier molecular flexibility index (Phi) is 3.64. The Balaban J connectivity index is 1.82. The van der Waals surface area contributed by atoms with E-state index < -0.39 is 5.97 Å². The van der Waals surface area contributed by atoms with Crippen molar-refractivity contribution in [2.75, 3.05) is 6.61 Å². The minimum atomic E-state index is -0.834. The molecule has 2 saturated carbocycles. The van der Waals surface area contributed by atoms with Crippen LogP contribution >= 0.6 is 0 Å². The van der Waals surface area contributed by atoms with Crippen LogP contribution in [0.1, 0.15) is 43.6 Å². The van der Waals surface area contributed by atoms with Crippen molar-refractivity contribution in [1.82, 2.24) is 0 Å². The minimum absolute atomic E-state index is 0.0495. The lowest BCUT2D eigenvalue weighted by atomic mass is 9.90. The smallest absolute Gasteiger partial charge is 0.303 e. The largest absolute Gasteiger partial charge is 0.493 e. The van der Waals surface area contributed by atoms with Crippen LogP contribution in [0, 0.1) is 17.7 Å². The van der Waals surface area contributed by atoms with E-state index in [0.29, 0.717) is 24.2 Å². The van der Waals surface area contributed by atoms with Crippen molar-refractivity contribution in [2.45, 2.75) is 38.0 Å². The van der Waals surface area contributed by atoms with E-state index in [1.807, 2.05) is 0 Å². The van der Waals surface area contributed by atoms with Gasteiger partial charge in [0, 0.05) is 11.5 Å². The molecule has 108 valence electrons. The van der Waals surface area contributed by atoms with Gasteiger partial charge in [-0.05, 0) is 55.7 Å². The fraction of sp³-hybridized carbons (Fsp3) is 0.562. The zero-order chi connectivity index (χ0) is 14.1. The van der Waals surface area contributed by atoms with E-state index in [1.165, 1.54) is 25.0 Å². The molecule has 0 heterocycles. The summed E-state index contributed by atoms with van der Waals surface area (Å²) < 4.78 is 19.3. The Hall–Kier alpha value is -1.58. The Morgan fingerprint density at radius 2 is 2.10 bits per heavy atom. The number of halogens is 1. The fourth-order valence-electron chi connectivity index (χ4n) is 2.65. The summed E-state index contributed by atoms with van der Waals surface area (Å²) in [5, 5.41) is 9.08. The van der Waals surface area contributed by atoms with Crippen LogP contribution in [0.2, 0.25) is 0 Å². The molecule has 0 aromatic heterocycles. The number of hydrogen-bond acceptors (Lipinski definition) is 2. The molecule has 4 heteroatoms. The second kappa shape index (κ2) is 5.43. The Labute approximate surface area is 117 Å². The van der Waals surface area contributed by atoms with Gasteiger partial charge in [-0.25, -0.2) is 4.39 Å². The van der Waals surface area contributed by atoms with Crippen LogP contribution < -0.4 is 4.74 Å². The van der Waals surface area contributed by atoms with Crippen molar-refractivity contribution < 1.29 is 19.0 Å². The highest BCUT2D eigenvalue weighted by molar-refractivity contribution is 5.68. The predicted octanol–water partition coefficient (Wildman–Crippen LogP) is 3.58. The lowest BCUT2D eigenvalue weighted by Gasteiger charge is -2.19. The summed E-state index contributed by atoms with van der Waals surface area (Å²) in [5.41, 5.74) is 0.732. The number of benzene rings is 1. The molecule has 0 saturated heterocycles. The average Bonchev–Trinajstić information content (AvgIpc) is 3.27. The molecule has 0 radical (unpaired) electrons. The number of aliphatic carboxylic acids is 1. The van der Waals surface area contributed by atoms with Gasteiger partial charge in [0.1, 0.15) is 11.6 Å². The zero-order valence-electron chi connectivity index (χ0n) is 11.3. The topological polar surface area (TPSA) is 46.5 Å². The van der Waals surface area contributed by atoms with Gasteiger partial charge in [0.05, 0.1) is 13.0 Å². The van der Waals surface area contributed by atoms with E-state index >= 15 is 0 Å². The maximum atomic E-state index is 13.5. The molecule has 3 nitrogen and oxygen atoms in total. The van der Waals surface area contributed by atoms with Gasteiger partial charge in [-0.1, -0.05) is 0 Å². The lowest BCUT2D eigenvalue weighted by molar-refractivity contribution is -0.137. The van der Waals surface area contributed by atoms with E-state index in [0.717, 1.165) is 18.4 Å². The highest BCUT2D eigenvalue weighted by Gasteiger charge is 2.35. The first-order valence-electron chi connectivity index (χ1n) is 7.27. The molecule has 0 aliphatic heterocycles. The van der Waals surface area contributed by atoms with Crippen molar-refractivity contribution in [3.05, 3.63) is 29.6 Å². The molecular formula is C16H19FO3. The van der Waals surface area contributed by atoms with Crippen LogP contribution in [0.5, 0.6) is 5.75 Å². The third-order valence-electron chi connectivity index (χ3n) is 4.13. The Bertz CT molecular complexity index is 506. The first kappa shape index (κ1) is 13.4. The average molecular weight is 278 g/mol. The predicted molar refractivity (Wildman–Crippen MR) is 72.3 cm³/mol. The first-order valence-corrected chi connectivity index (χ1v) is 7.27. The number of carboxylic acid groups (broad SMARTS) is 1. The normalized spacial score (nSPS) is 19.6. The SMILES string of the molecule is O=C(O)CC(c1cc(F)ccc1OCC1CC1)C1CC1. The highest BCUT2D eigenvalue weighted by Crippen LogP contribution is 2.47. The monoisotopic (exact) mass is 278 g/mol. The molecule has 2 aliphatic rings. The van der Waals surface area contributed by atoms with Crippen molar-refractivity contribution >= 4 is 5.97 Å². The maximum absolute atomic E-state index is 13.5. The van der Waals surface area contributed by atoms with Crippen molar-refractivity contribution in [3.8, 4) is 5.75 Å². The summed E-state index contributed by atoms with van der Waals surface area (Å²) >= 11 is 0. The number of carbonyl (C=O) groups is 1. The van der Waals surface area contributed by atoms with Crippen LogP contribution in [-0.2, 0) is 4.79 Å². The van der Waals surface area contributed by atoms with Gasteiger partial charge in [0.25, 0.3) is 0 Å². The van der Waals surface area contributed by atoms with Crippen molar-refractivity contribution in [3.63, 3.8) is 0 Å². The summed E-state index contributed by atoms with van der Waals surface area (Å²) in [6.45, 7) is 0.656. The molecule has 1 aromatic carbocycles. The van der Waals surface area contributed by atoms with Crippen molar-refractivity contribution in [1.29, 1.82) is 0 Å². The molecule has 1 atom stereocenters. The van der Waals surface area contributed by atoms with Crippen molar-refractivity contribution in [2.24, 2.45) is 11.8 Å². The van der Waals surface area contributed by atoms with E-state index in [4.69, 9.17) is 9.84 Å². The molecule has 20 heavy (non-hydrogen) atoms. The molecule has 2 fully saturated rings. The van der Waals surface area contributed by atoms with E-state index in [-0.39, 0.29) is 18.2 Å². The van der Waals surface area contributed by atoms with Gasteiger partial charge in [0.15, 0.2) is 0 Å². The zero-order valence-corrected chi connectivity index (χ0v) is 11.3. The molecule has 0 bridgehead atoms. The summed E-state index contributed by atoms with van der Waals surface area (Å²) in [5.74, 6) is 0.353. The number of rotatable bonds is 7. The molecular weight excluding hydrogens is 259 g/mol. The van der Waals surface area contributed by atoms with Crippen LogP contribution in [0.3, 0.4) is 0 Å². The molecule has 1 unspecified atom stereocenters. The van der Waals surface area contributed by atoms with Gasteiger partial charge in [-0.3, -0.25) is 4.79 Å². The molecule has 1 aromatic rings. The van der Waals surface area contributed by atoms with Crippen LogP contribution in [0.15, 0.2) is 18.2 Å². The van der Waals surface area contributed by atoms with Gasteiger partial charge in [-0.2, -0.15) is 0 Å². The van der Waals surface area contributed by atoms with Gasteiger partial charge in [-0.15, -0.1) is 0 Å². The first-order chi connectivity index (χ1) is 9.63. The number of hydrogen-bond donors (Lipinski definition) is 1. The van der Waals surface area contributed by atoms with E-state index in [2.05, 4.69) is 0 Å². The van der Waals surface area contributed by atoms with Crippen LogP contribution in [0.25, 0.3) is 0 Å². The summed E-state index contributed by atoms with van der Waals surface area (Å²) in [6, 6.07) is 4.48. The summed E-state index contributed by atoms with van der Waals surface area (Å²) in [4.78, 5) is 11.1. The van der Waals surface area contributed by atoms with E-state index in [1.54, 1.807) is 6.07 Å². The molecule has 3 rings (SSSR count). The number of carboxylic acids is 1. The van der Waals surface area contributed by atoms with Gasteiger partial charge in [0.2, 0.25) is 0 Å². The second-order valence-corrected chi connectivity index (χ2v) is 5.98. The quantitative estimate of drug-likeness (QED) is 0.829. The lowest BCUT2D eigenvalue weighted by Crippen LogP contribution is -2.11. The second-order valence-electron chi connectivity index (χ2n) is 5.98. The van der Waals surface area contributed by atoms with Crippen LogP contribution in [0.4, 0.5) is 4.39 Å². The van der Waals surface area contributed by atoms with Gasteiger partial charge < -0.3 is 9.84 Å². The number of ether oxygens (including phenoxy) is 1. The fourth-order valence-corrected chi connectivity index (χ4v) is 2.65. The highest BCUT2D eigenvalue weighted by atomic mass is 19.1. The van der Waals surface area contributed by atoms with Crippen LogP contribution in [-0.4, -0.2) is 17.7 Å². The van der Waals surface area contributed by atoms with E-state index in [9.17, 15) is 9.18 Å². The Morgan fingerprint density at radius 1 is 1.35 bits per heavy atom. The summed E-state index contributed by atoms with van der Waals surface area (Å²) in [6.07, 6.45) is 4.48. The van der Waals surface area contributed by atoms with Gasteiger partial charge >= 0.3 is 5.97 Å². The summed E-state index contributed by atoms with van der Waals surface area (Å²) in [7, 11) is 0. The third kappa shape index (κ3) is 3.30. The molecule has 1 N–H and O–H groups in total. The maximum Gasteiger partial charge on any atom is 0.303 e. The molecule has 0 spiro atoms. The standard InChI is InChI=1S/C16H19FO3/c17-12-5-6-15(20-9-10-1-2-10)14(7-12)13(8-16(18)19)11-3-4-11/h5-7,10-11,13H,1-4,8-9H2,(H,18,19).